The molecule has 0 amide bonds. The molecule has 0 unspecified atom stereocenters. The molecule has 0 atom stereocenters. The fourth-order valence-corrected chi connectivity index (χ4v) is 2.54. The maximum atomic E-state index is 10.3. The second-order valence-corrected chi connectivity index (χ2v) is 5.04. The van der Waals surface area contributed by atoms with Crippen LogP contribution in [0.25, 0.3) is 22.3 Å². The molecule has 0 bridgehead atoms. The van der Waals surface area contributed by atoms with Gasteiger partial charge in [0.2, 0.25) is 0 Å². The van der Waals surface area contributed by atoms with Gasteiger partial charge in [-0.3, -0.25) is 0 Å². The first-order chi connectivity index (χ1) is 11.0. The maximum Gasteiger partial charge on any atom is 0.169 e. The number of para-hydroxylation sites is 1. The van der Waals surface area contributed by atoms with E-state index in [9.17, 15) is 25.5 Å². The van der Waals surface area contributed by atoms with Gasteiger partial charge in [-0.15, -0.1) is 0 Å². The van der Waals surface area contributed by atoms with Crippen molar-refractivity contribution in [3.05, 3.63) is 54.6 Å². The molecule has 0 saturated heterocycles. The van der Waals surface area contributed by atoms with Crippen LogP contribution in [0.2, 0.25) is 0 Å². The third-order valence-electron chi connectivity index (χ3n) is 3.62. The van der Waals surface area contributed by atoms with E-state index in [4.69, 9.17) is 0 Å². The molecule has 3 rings (SSSR count). The fourth-order valence-electron chi connectivity index (χ4n) is 2.54. The fraction of sp³-hybridized carbons (Fsp3) is 0. The van der Waals surface area contributed by atoms with Crippen molar-refractivity contribution in [1.82, 2.24) is 0 Å². The zero-order chi connectivity index (χ0) is 16.6. The average molecular weight is 310 g/mol. The highest BCUT2D eigenvalue weighted by Crippen LogP contribution is 2.50. The second kappa shape index (κ2) is 5.46. The summed E-state index contributed by atoms with van der Waals surface area (Å²) in [5.74, 6) is -1.51. The van der Waals surface area contributed by atoms with Crippen LogP contribution in [0.5, 0.6) is 28.7 Å². The van der Waals surface area contributed by atoms with Gasteiger partial charge in [0, 0.05) is 11.1 Å². The van der Waals surface area contributed by atoms with E-state index >= 15 is 0 Å². The van der Waals surface area contributed by atoms with Crippen LogP contribution in [-0.4, -0.2) is 25.5 Å². The molecule has 5 heteroatoms. The Morgan fingerprint density at radius 2 is 1.00 bits per heavy atom. The monoisotopic (exact) mass is 310 g/mol. The van der Waals surface area contributed by atoms with Crippen molar-refractivity contribution in [1.29, 1.82) is 0 Å². The van der Waals surface area contributed by atoms with Crippen molar-refractivity contribution >= 4 is 0 Å². The molecule has 23 heavy (non-hydrogen) atoms. The molecule has 3 aromatic carbocycles. The number of phenols is 5. The van der Waals surface area contributed by atoms with Gasteiger partial charge in [-0.2, -0.15) is 0 Å². The number of benzene rings is 3. The molecule has 0 aliphatic carbocycles. The van der Waals surface area contributed by atoms with E-state index in [1.54, 1.807) is 30.3 Å². The Morgan fingerprint density at radius 1 is 0.435 bits per heavy atom. The first-order valence-corrected chi connectivity index (χ1v) is 6.85. The van der Waals surface area contributed by atoms with Gasteiger partial charge in [-0.05, 0) is 29.8 Å². The Labute approximate surface area is 132 Å². The SMILES string of the molecule is Oc1ccccc1-c1cccc(O)c1-c1c(O)ccc(O)c1O. The first-order valence-electron chi connectivity index (χ1n) is 6.85. The molecule has 116 valence electrons. The molecular weight excluding hydrogens is 296 g/mol. The summed E-state index contributed by atoms with van der Waals surface area (Å²) in [4.78, 5) is 0. The average Bonchev–Trinajstić information content (AvgIpc) is 2.53. The van der Waals surface area contributed by atoms with E-state index < -0.39 is 11.5 Å². The summed E-state index contributed by atoms with van der Waals surface area (Å²) in [6, 6.07) is 13.5. The second-order valence-electron chi connectivity index (χ2n) is 5.04. The van der Waals surface area contributed by atoms with E-state index in [0.717, 1.165) is 6.07 Å². The molecule has 0 saturated carbocycles. The normalized spacial score (nSPS) is 10.6. The third kappa shape index (κ3) is 2.38. The number of hydrogen-bond acceptors (Lipinski definition) is 5. The molecule has 0 aliphatic heterocycles. The molecular formula is C18H14O5. The molecule has 0 fully saturated rings. The topological polar surface area (TPSA) is 101 Å². The van der Waals surface area contributed by atoms with Crippen molar-refractivity contribution in [2.75, 3.05) is 0 Å². The molecule has 0 aromatic heterocycles. The van der Waals surface area contributed by atoms with Crippen molar-refractivity contribution in [3.63, 3.8) is 0 Å². The first kappa shape index (κ1) is 14.6. The Balaban J connectivity index is 2.39. The van der Waals surface area contributed by atoms with Crippen LogP contribution < -0.4 is 0 Å². The number of phenolic OH excluding ortho intramolecular Hbond substituents is 5. The lowest BCUT2D eigenvalue weighted by molar-refractivity contribution is 0.398. The van der Waals surface area contributed by atoms with Gasteiger partial charge in [0.25, 0.3) is 0 Å². The van der Waals surface area contributed by atoms with Gasteiger partial charge < -0.3 is 25.5 Å². The van der Waals surface area contributed by atoms with Crippen molar-refractivity contribution < 1.29 is 25.5 Å². The number of rotatable bonds is 2. The minimum Gasteiger partial charge on any atom is -0.507 e. The van der Waals surface area contributed by atoms with Crippen molar-refractivity contribution in [2.24, 2.45) is 0 Å². The summed E-state index contributed by atoms with van der Waals surface area (Å²) < 4.78 is 0. The summed E-state index contributed by atoms with van der Waals surface area (Å²) >= 11 is 0. The van der Waals surface area contributed by atoms with E-state index in [2.05, 4.69) is 0 Å². The van der Waals surface area contributed by atoms with E-state index in [1.807, 2.05) is 0 Å². The largest absolute Gasteiger partial charge is 0.507 e. The predicted octanol–water partition coefficient (Wildman–Crippen LogP) is 3.55. The molecule has 0 radical (unpaired) electrons. The molecule has 0 aliphatic rings. The van der Waals surface area contributed by atoms with Gasteiger partial charge in [0.1, 0.15) is 17.2 Å². The minimum atomic E-state index is -0.553. The van der Waals surface area contributed by atoms with Crippen LogP contribution in [-0.2, 0) is 0 Å². The maximum absolute atomic E-state index is 10.3. The lowest BCUT2D eigenvalue weighted by Gasteiger charge is -2.16. The Hall–Kier alpha value is -3.34. The van der Waals surface area contributed by atoms with Crippen LogP contribution >= 0.6 is 0 Å². The predicted molar refractivity (Wildman–Crippen MR) is 85.6 cm³/mol. The molecule has 0 spiro atoms. The zero-order valence-electron chi connectivity index (χ0n) is 11.9. The summed E-state index contributed by atoms with van der Waals surface area (Å²) in [5, 5.41) is 50.2. The highest BCUT2D eigenvalue weighted by Gasteiger charge is 2.22. The number of aromatic hydroxyl groups is 5. The molecule has 0 heterocycles. The minimum absolute atomic E-state index is 0.0153. The highest BCUT2D eigenvalue weighted by molar-refractivity contribution is 5.94. The Bertz CT molecular complexity index is 887. The van der Waals surface area contributed by atoms with Gasteiger partial charge in [0.15, 0.2) is 11.5 Å². The zero-order valence-corrected chi connectivity index (χ0v) is 11.9. The summed E-state index contributed by atoms with van der Waals surface area (Å²) in [6.45, 7) is 0. The van der Waals surface area contributed by atoms with Gasteiger partial charge in [-0.25, -0.2) is 0 Å². The smallest absolute Gasteiger partial charge is 0.169 e. The lowest BCUT2D eigenvalue weighted by atomic mass is 9.92. The summed E-state index contributed by atoms with van der Waals surface area (Å²) in [7, 11) is 0. The standard InChI is InChI=1S/C18H14O5/c19-12-6-2-1-4-10(12)11-5-3-7-13(20)16(11)17-14(21)8-9-15(22)18(17)23/h1-9,19-23H. The van der Waals surface area contributed by atoms with Gasteiger partial charge in [-0.1, -0.05) is 30.3 Å². The summed E-state index contributed by atoms with van der Waals surface area (Å²) in [6.07, 6.45) is 0. The van der Waals surface area contributed by atoms with Crippen LogP contribution in [0.1, 0.15) is 0 Å². The quantitative estimate of drug-likeness (QED) is 0.368. The van der Waals surface area contributed by atoms with Crippen molar-refractivity contribution in [2.45, 2.75) is 0 Å². The van der Waals surface area contributed by atoms with Crippen LogP contribution in [0.4, 0.5) is 0 Å². The highest BCUT2D eigenvalue weighted by atomic mass is 16.3. The Kier molecular flexibility index (Phi) is 3.46. The molecule has 3 aromatic rings. The third-order valence-corrected chi connectivity index (χ3v) is 3.62. The van der Waals surface area contributed by atoms with Crippen LogP contribution in [0.3, 0.4) is 0 Å². The van der Waals surface area contributed by atoms with E-state index in [0.29, 0.717) is 11.1 Å². The Morgan fingerprint density at radius 3 is 1.74 bits per heavy atom. The van der Waals surface area contributed by atoms with E-state index in [-0.39, 0.29) is 28.4 Å². The van der Waals surface area contributed by atoms with Gasteiger partial charge in [0.05, 0.1) is 5.56 Å². The molecule has 5 N–H and O–H groups in total. The van der Waals surface area contributed by atoms with Gasteiger partial charge >= 0.3 is 0 Å². The lowest BCUT2D eigenvalue weighted by Crippen LogP contribution is -1.89. The van der Waals surface area contributed by atoms with Crippen molar-refractivity contribution in [3.8, 4) is 51.0 Å². The number of hydrogen-bond donors (Lipinski definition) is 5. The van der Waals surface area contributed by atoms with Crippen LogP contribution in [0, 0.1) is 0 Å². The summed E-state index contributed by atoms with van der Waals surface area (Å²) in [5.41, 5.74) is 0.820. The van der Waals surface area contributed by atoms with Crippen LogP contribution in [0.15, 0.2) is 54.6 Å². The van der Waals surface area contributed by atoms with E-state index in [1.165, 1.54) is 18.2 Å². The molecule has 5 nitrogen and oxygen atoms in total.